The molecular formula is C19H21N3O3. The minimum Gasteiger partial charge on any atom is -0.481 e. The summed E-state index contributed by atoms with van der Waals surface area (Å²) in [6.45, 7) is 3.26. The number of hydrogen-bond acceptors (Lipinski definition) is 3. The Balaban J connectivity index is 1.45. The first-order chi connectivity index (χ1) is 12.0. The Morgan fingerprint density at radius 3 is 2.60 bits per heavy atom. The number of carboxylic acids is 1. The van der Waals surface area contributed by atoms with Gasteiger partial charge in [-0.2, -0.15) is 5.10 Å². The van der Waals surface area contributed by atoms with E-state index in [-0.39, 0.29) is 17.2 Å². The van der Waals surface area contributed by atoms with Crippen LogP contribution in [0.1, 0.15) is 35.2 Å². The maximum atomic E-state index is 12.8. The molecule has 2 heterocycles. The van der Waals surface area contributed by atoms with E-state index in [1.54, 1.807) is 10.9 Å². The van der Waals surface area contributed by atoms with E-state index in [0.717, 1.165) is 30.5 Å². The predicted molar refractivity (Wildman–Crippen MR) is 91.6 cm³/mol. The van der Waals surface area contributed by atoms with Crippen LogP contribution in [0.5, 0.6) is 0 Å². The van der Waals surface area contributed by atoms with Gasteiger partial charge in [0, 0.05) is 31.0 Å². The van der Waals surface area contributed by atoms with Crippen molar-refractivity contribution in [2.45, 2.75) is 26.2 Å². The van der Waals surface area contributed by atoms with Gasteiger partial charge in [-0.05, 0) is 61.4 Å². The van der Waals surface area contributed by atoms with E-state index < -0.39 is 5.97 Å². The SMILES string of the molecule is Cc1cc(C(=O)N2CCC3(CC2)CC3C(=O)O)ccc1-n1cccn1. The van der Waals surface area contributed by atoms with Crippen LogP contribution in [-0.2, 0) is 4.79 Å². The van der Waals surface area contributed by atoms with Crippen LogP contribution >= 0.6 is 0 Å². The summed E-state index contributed by atoms with van der Waals surface area (Å²) in [4.78, 5) is 25.8. The van der Waals surface area contributed by atoms with Gasteiger partial charge in [0.25, 0.3) is 5.91 Å². The maximum absolute atomic E-state index is 12.8. The first kappa shape index (κ1) is 15.9. The fourth-order valence-corrected chi connectivity index (χ4v) is 4.04. The number of piperidine rings is 1. The molecule has 1 spiro atoms. The summed E-state index contributed by atoms with van der Waals surface area (Å²) in [7, 11) is 0. The number of aromatic nitrogens is 2. The molecule has 2 aromatic rings. The van der Waals surface area contributed by atoms with Crippen molar-refractivity contribution in [3.05, 3.63) is 47.8 Å². The van der Waals surface area contributed by atoms with Crippen molar-refractivity contribution in [2.75, 3.05) is 13.1 Å². The molecule has 4 rings (SSSR count). The molecule has 1 atom stereocenters. The third kappa shape index (κ3) is 2.71. The standard InChI is InChI=1S/C19H21N3O3/c1-13-11-14(3-4-16(13)22-8-2-7-20-22)17(23)21-9-5-19(6-10-21)12-15(19)18(24)25/h2-4,7-8,11,15H,5-6,9-10,12H2,1H3,(H,24,25). The normalized spacial score (nSPS) is 21.3. The number of likely N-dealkylation sites (tertiary alicyclic amines) is 1. The number of amides is 1. The van der Waals surface area contributed by atoms with Gasteiger partial charge in [-0.3, -0.25) is 9.59 Å². The third-order valence-corrected chi connectivity index (χ3v) is 5.73. The molecule has 1 aliphatic carbocycles. The molecule has 1 unspecified atom stereocenters. The number of nitrogens with zero attached hydrogens (tertiary/aromatic N) is 3. The zero-order valence-corrected chi connectivity index (χ0v) is 14.2. The van der Waals surface area contributed by atoms with Gasteiger partial charge < -0.3 is 10.0 Å². The second kappa shape index (κ2) is 5.72. The minimum atomic E-state index is -0.690. The lowest BCUT2D eigenvalue weighted by Gasteiger charge is -2.32. The molecule has 130 valence electrons. The van der Waals surface area contributed by atoms with E-state index in [9.17, 15) is 14.7 Å². The van der Waals surface area contributed by atoms with Crippen molar-refractivity contribution in [1.29, 1.82) is 0 Å². The van der Waals surface area contributed by atoms with Gasteiger partial charge in [-0.25, -0.2) is 4.68 Å². The van der Waals surface area contributed by atoms with E-state index in [0.29, 0.717) is 18.7 Å². The highest BCUT2D eigenvalue weighted by atomic mass is 16.4. The lowest BCUT2D eigenvalue weighted by molar-refractivity contribution is -0.139. The summed E-state index contributed by atoms with van der Waals surface area (Å²) in [5.41, 5.74) is 2.58. The molecule has 0 radical (unpaired) electrons. The van der Waals surface area contributed by atoms with Crippen LogP contribution in [0.2, 0.25) is 0 Å². The maximum Gasteiger partial charge on any atom is 0.307 e. The highest BCUT2D eigenvalue weighted by molar-refractivity contribution is 5.94. The molecule has 1 aliphatic heterocycles. The molecule has 2 fully saturated rings. The van der Waals surface area contributed by atoms with Gasteiger partial charge in [-0.15, -0.1) is 0 Å². The predicted octanol–water partition coefficient (Wildman–Crippen LogP) is 2.51. The van der Waals surface area contributed by atoms with Crippen LogP contribution in [0.4, 0.5) is 0 Å². The largest absolute Gasteiger partial charge is 0.481 e. The first-order valence-electron chi connectivity index (χ1n) is 8.63. The summed E-state index contributed by atoms with van der Waals surface area (Å²) in [5.74, 6) is -0.873. The molecular weight excluding hydrogens is 318 g/mol. The van der Waals surface area contributed by atoms with Crippen molar-refractivity contribution in [1.82, 2.24) is 14.7 Å². The third-order valence-electron chi connectivity index (χ3n) is 5.73. The van der Waals surface area contributed by atoms with Crippen molar-refractivity contribution < 1.29 is 14.7 Å². The molecule has 1 saturated heterocycles. The molecule has 0 bridgehead atoms. The Morgan fingerprint density at radius 1 is 1.28 bits per heavy atom. The number of benzene rings is 1. The topological polar surface area (TPSA) is 75.4 Å². The van der Waals surface area contributed by atoms with Crippen molar-refractivity contribution in [2.24, 2.45) is 11.3 Å². The Hall–Kier alpha value is -2.63. The number of carbonyl (C=O) groups is 2. The molecule has 6 heteroatoms. The van der Waals surface area contributed by atoms with E-state index >= 15 is 0 Å². The van der Waals surface area contributed by atoms with E-state index in [4.69, 9.17) is 0 Å². The van der Waals surface area contributed by atoms with E-state index in [1.807, 2.05) is 42.3 Å². The summed E-state index contributed by atoms with van der Waals surface area (Å²) >= 11 is 0. The van der Waals surface area contributed by atoms with Crippen LogP contribution in [0, 0.1) is 18.3 Å². The van der Waals surface area contributed by atoms with Gasteiger partial charge in [0.2, 0.25) is 0 Å². The molecule has 6 nitrogen and oxygen atoms in total. The summed E-state index contributed by atoms with van der Waals surface area (Å²) < 4.78 is 1.79. The van der Waals surface area contributed by atoms with Crippen LogP contribution < -0.4 is 0 Å². The number of carboxylic acid groups (broad SMARTS) is 1. The Kier molecular flexibility index (Phi) is 3.63. The Labute approximate surface area is 146 Å². The van der Waals surface area contributed by atoms with Crippen molar-refractivity contribution in [3.63, 3.8) is 0 Å². The van der Waals surface area contributed by atoms with Gasteiger partial charge in [-0.1, -0.05) is 0 Å². The fraction of sp³-hybridized carbons (Fsp3) is 0.421. The lowest BCUT2D eigenvalue weighted by Crippen LogP contribution is -2.40. The number of carbonyl (C=O) groups excluding carboxylic acids is 1. The molecule has 25 heavy (non-hydrogen) atoms. The first-order valence-corrected chi connectivity index (χ1v) is 8.63. The van der Waals surface area contributed by atoms with Crippen molar-refractivity contribution in [3.8, 4) is 5.69 Å². The molecule has 1 saturated carbocycles. The lowest BCUT2D eigenvalue weighted by atomic mass is 9.90. The quantitative estimate of drug-likeness (QED) is 0.932. The Bertz CT molecular complexity index is 820. The summed E-state index contributed by atoms with van der Waals surface area (Å²) in [6, 6.07) is 7.53. The molecule has 2 aliphatic rings. The summed E-state index contributed by atoms with van der Waals surface area (Å²) in [5, 5.41) is 13.4. The minimum absolute atomic E-state index is 0.0255. The number of aliphatic carboxylic acids is 1. The molecule has 1 amide bonds. The zero-order valence-electron chi connectivity index (χ0n) is 14.2. The average Bonchev–Trinajstić information content (AvgIpc) is 3.05. The van der Waals surface area contributed by atoms with Gasteiger partial charge in [0.15, 0.2) is 0 Å². The monoisotopic (exact) mass is 339 g/mol. The van der Waals surface area contributed by atoms with Gasteiger partial charge in [0.1, 0.15) is 0 Å². The smallest absolute Gasteiger partial charge is 0.307 e. The number of aryl methyl sites for hydroxylation is 1. The van der Waals surface area contributed by atoms with Crippen LogP contribution in [0.25, 0.3) is 5.69 Å². The average molecular weight is 339 g/mol. The molecule has 1 N–H and O–H groups in total. The summed E-state index contributed by atoms with van der Waals surface area (Å²) in [6.07, 6.45) is 5.95. The highest BCUT2D eigenvalue weighted by Gasteiger charge is 2.59. The van der Waals surface area contributed by atoms with E-state index in [2.05, 4.69) is 5.10 Å². The van der Waals surface area contributed by atoms with Crippen LogP contribution in [0.3, 0.4) is 0 Å². The van der Waals surface area contributed by atoms with Gasteiger partial charge >= 0.3 is 5.97 Å². The second-order valence-electron chi connectivity index (χ2n) is 7.20. The zero-order chi connectivity index (χ0) is 17.6. The van der Waals surface area contributed by atoms with Crippen LogP contribution in [0.15, 0.2) is 36.7 Å². The number of rotatable bonds is 3. The molecule has 1 aromatic heterocycles. The molecule has 1 aromatic carbocycles. The fourth-order valence-electron chi connectivity index (χ4n) is 4.04. The second-order valence-corrected chi connectivity index (χ2v) is 7.20. The van der Waals surface area contributed by atoms with Crippen LogP contribution in [-0.4, -0.2) is 44.8 Å². The van der Waals surface area contributed by atoms with E-state index in [1.165, 1.54) is 0 Å². The highest BCUT2D eigenvalue weighted by Crippen LogP contribution is 2.59. The van der Waals surface area contributed by atoms with Crippen molar-refractivity contribution >= 4 is 11.9 Å². The number of hydrogen-bond donors (Lipinski definition) is 1. The Morgan fingerprint density at radius 2 is 2.04 bits per heavy atom. The van der Waals surface area contributed by atoms with Gasteiger partial charge in [0.05, 0.1) is 11.6 Å².